The van der Waals surface area contributed by atoms with E-state index < -0.39 is 44.5 Å². The topological polar surface area (TPSA) is 124 Å². The molecule has 3 heterocycles. The third-order valence-electron chi connectivity index (χ3n) is 9.64. The number of carbonyl (C=O) groups excluding carboxylic acids is 2. The van der Waals surface area contributed by atoms with Gasteiger partial charge in [-0.1, -0.05) is 23.7 Å². The summed E-state index contributed by atoms with van der Waals surface area (Å²) in [5.41, 5.74) is -0.771. The van der Waals surface area contributed by atoms with Gasteiger partial charge in [0, 0.05) is 49.1 Å². The molecule has 4 atom stereocenters. The van der Waals surface area contributed by atoms with Crippen LogP contribution in [0.5, 0.6) is 11.5 Å². The lowest BCUT2D eigenvalue weighted by atomic mass is 9.63. The Hall–Kier alpha value is -3.35. The van der Waals surface area contributed by atoms with Gasteiger partial charge >= 0.3 is 6.09 Å². The maximum Gasteiger partial charge on any atom is 0.409 e. The number of fused-ring (bicyclic) bond motifs is 4. The van der Waals surface area contributed by atoms with E-state index in [1.54, 1.807) is 32.3 Å². The summed E-state index contributed by atoms with van der Waals surface area (Å²) >= 11 is 6.33. The van der Waals surface area contributed by atoms with Crippen molar-refractivity contribution in [2.24, 2.45) is 11.8 Å². The van der Waals surface area contributed by atoms with Gasteiger partial charge in [-0.05, 0) is 75.4 Å². The first-order valence-corrected chi connectivity index (χ1v) is 17.7. The predicted molar refractivity (Wildman–Crippen MR) is 181 cm³/mol. The molecule has 3 aliphatic heterocycles. The summed E-state index contributed by atoms with van der Waals surface area (Å²) in [7, 11) is 11.3. The molecule has 11 nitrogen and oxygen atoms in total. The minimum Gasteiger partial charge on any atom is -0.493 e. The number of carbonyl (C=O) groups is 2. The molecule has 0 saturated heterocycles. The van der Waals surface area contributed by atoms with Gasteiger partial charge in [-0.25, -0.2) is 17.9 Å². The molecule has 4 radical (unpaired) electrons. The zero-order valence-corrected chi connectivity index (χ0v) is 29.0. The minimum absolute atomic E-state index is 0.0253. The molecule has 0 unspecified atom stereocenters. The van der Waals surface area contributed by atoms with Crippen LogP contribution in [0.25, 0.3) is 0 Å². The van der Waals surface area contributed by atoms with Gasteiger partial charge in [-0.2, -0.15) is 0 Å². The van der Waals surface area contributed by atoms with Crippen molar-refractivity contribution >= 4 is 55.0 Å². The van der Waals surface area contributed by atoms with E-state index in [1.807, 2.05) is 12.1 Å². The van der Waals surface area contributed by atoms with E-state index in [0.717, 1.165) is 18.4 Å². The SMILES string of the molecule is [B]C1([B])/C=C/[C@H](OC(=O)N(C)C)[C@@H]2CC[C@H]2CN2C[C@@]3(CCOc4cc(Cl)ccc43)COc3ccc(cc32)S(=O)(=O)NC(=O)C(C)(C)O1. The van der Waals surface area contributed by atoms with Crippen LogP contribution in [0.1, 0.15) is 38.7 Å². The van der Waals surface area contributed by atoms with Crippen LogP contribution in [-0.4, -0.2) is 98.5 Å². The number of halogens is 1. The largest absolute Gasteiger partial charge is 0.493 e. The Bertz CT molecular complexity index is 1750. The van der Waals surface area contributed by atoms with Crippen molar-refractivity contribution in [1.82, 2.24) is 9.62 Å². The maximum absolute atomic E-state index is 13.6. The highest BCUT2D eigenvalue weighted by Gasteiger charge is 2.46. The monoisotopic (exact) mass is 693 g/mol. The third-order valence-corrected chi connectivity index (χ3v) is 11.2. The molecule has 2 aromatic rings. The highest BCUT2D eigenvalue weighted by atomic mass is 35.5. The van der Waals surface area contributed by atoms with Crippen molar-refractivity contribution in [3.63, 3.8) is 0 Å². The quantitative estimate of drug-likeness (QED) is 0.353. The number of hydrogen-bond donors (Lipinski definition) is 1. The normalized spacial score (nSPS) is 29.3. The van der Waals surface area contributed by atoms with Crippen LogP contribution in [0.15, 0.2) is 53.4 Å². The average molecular weight is 694 g/mol. The minimum atomic E-state index is -4.37. The van der Waals surface area contributed by atoms with Crippen molar-refractivity contribution in [3.05, 3.63) is 59.1 Å². The van der Waals surface area contributed by atoms with Gasteiger partial charge in [-0.3, -0.25) is 4.79 Å². The first kappa shape index (κ1) is 34.5. The van der Waals surface area contributed by atoms with Crippen LogP contribution < -0.4 is 19.1 Å². The molecule has 1 aliphatic carbocycles. The van der Waals surface area contributed by atoms with Crippen molar-refractivity contribution in [1.29, 1.82) is 0 Å². The number of nitrogens with one attached hydrogen (secondary N) is 1. The second kappa shape index (κ2) is 12.5. The van der Waals surface area contributed by atoms with Crippen LogP contribution in [0, 0.1) is 11.8 Å². The van der Waals surface area contributed by atoms with Gasteiger partial charge in [0.2, 0.25) is 0 Å². The molecule has 4 aliphatic rings. The summed E-state index contributed by atoms with van der Waals surface area (Å²) < 4.78 is 53.6. The first-order chi connectivity index (χ1) is 22.5. The Morgan fingerprint density at radius 3 is 2.58 bits per heavy atom. The fourth-order valence-electron chi connectivity index (χ4n) is 6.87. The van der Waals surface area contributed by atoms with E-state index in [1.165, 1.54) is 37.0 Å². The second-order valence-electron chi connectivity index (χ2n) is 13.8. The number of sulfonamides is 1. The average Bonchev–Trinajstić information content (AvgIpc) is 3.13. The van der Waals surface area contributed by atoms with Crippen LogP contribution in [-0.2, 0) is 29.7 Å². The molecule has 1 spiro atoms. The lowest BCUT2D eigenvalue weighted by Crippen LogP contribution is -2.52. The molecular formula is C33H38B2ClN3O8S. The van der Waals surface area contributed by atoms with Crippen LogP contribution in [0.4, 0.5) is 10.5 Å². The number of hydrogen-bond acceptors (Lipinski definition) is 9. The van der Waals surface area contributed by atoms with E-state index in [9.17, 15) is 18.0 Å². The molecule has 48 heavy (non-hydrogen) atoms. The smallest absolute Gasteiger partial charge is 0.409 e. The molecule has 2 amide bonds. The Morgan fingerprint density at radius 1 is 1.10 bits per heavy atom. The van der Waals surface area contributed by atoms with E-state index in [0.29, 0.717) is 54.9 Å². The van der Waals surface area contributed by atoms with Gasteiger partial charge < -0.3 is 28.7 Å². The van der Waals surface area contributed by atoms with Crippen molar-refractivity contribution in [2.75, 3.05) is 45.3 Å². The zero-order chi connectivity index (χ0) is 34.6. The Balaban J connectivity index is 1.46. The lowest BCUT2D eigenvalue weighted by molar-refractivity contribution is -0.143. The van der Waals surface area contributed by atoms with Crippen LogP contribution in [0.2, 0.25) is 5.02 Å². The van der Waals surface area contributed by atoms with Crippen molar-refractivity contribution in [3.8, 4) is 11.5 Å². The third kappa shape index (κ3) is 6.76. The molecular weight excluding hydrogens is 656 g/mol. The number of amides is 2. The van der Waals surface area contributed by atoms with Crippen molar-refractivity contribution in [2.45, 2.75) is 60.5 Å². The maximum atomic E-state index is 13.6. The fourth-order valence-corrected chi connectivity index (χ4v) is 8.15. The molecule has 6 rings (SSSR count). The van der Waals surface area contributed by atoms with Gasteiger partial charge in [0.25, 0.3) is 15.9 Å². The summed E-state index contributed by atoms with van der Waals surface area (Å²) in [5.74, 6) is 0.116. The Kier molecular flexibility index (Phi) is 9.00. The van der Waals surface area contributed by atoms with Crippen molar-refractivity contribution < 1.29 is 37.0 Å². The van der Waals surface area contributed by atoms with Gasteiger partial charge in [0.1, 0.15) is 38.9 Å². The first-order valence-electron chi connectivity index (χ1n) is 15.9. The number of anilines is 1. The number of nitrogens with zero attached hydrogens (tertiary/aromatic N) is 2. The number of ether oxygens (including phenoxy) is 4. The van der Waals surface area contributed by atoms with Gasteiger partial charge in [0.15, 0.2) is 0 Å². The summed E-state index contributed by atoms with van der Waals surface area (Å²) in [6.07, 6.45) is 3.91. The summed E-state index contributed by atoms with van der Waals surface area (Å²) in [4.78, 5) is 29.5. The van der Waals surface area contributed by atoms with Crippen LogP contribution >= 0.6 is 11.6 Å². The molecule has 1 saturated carbocycles. The summed E-state index contributed by atoms with van der Waals surface area (Å²) in [5, 5.41) is -1.45. The molecule has 2 bridgehead atoms. The van der Waals surface area contributed by atoms with E-state index in [2.05, 4.69) is 9.62 Å². The highest BCUT2D eigenvalue weighted by molar-refractivity contribution is 7.90. The van der Waals surface area contributed by atoms with Gasteiger partial charge in [-0.15, -0.1) is 0 Å². The van der Waals surface area contributed by atoms with E-state index in [4.69, 9.17) is 46.2 Å². The number of benzene rings is 2. The molecule has 1 N–H and O–H groups in total. The van der Waals surface area contributed by atoms with E-state index >= 15 is 0 Å². The lowest BCUT2D eigenvalue weighted by Gasteiger charge is -2.46. The Labute approximate surface area is 289 Å². The molecule has 15 heteroatoms. The zero-order valence-electron chi connectivity index (χ0n) is 27.4. The van der Waals surface area contributed by atoms with Crippen LogP contribution in [0.3, 0.4) is 0 Å². The fraction of sp³-hybridized carbons (Fsp3) is 0.515. The van der Waals surface area contributed by atoms with Gasteiger partial charge in [0.05, 0.1) is 29.2 Å². The standard InChI is InChI=1S/C33H38B2ClN3O8S/c1-31(2)29(40)37-48(42,43)22-7-10-27-25(16-22)39(18-32(19-45-27)13-14-44-28-15-21(36)6-9-24(28)32)17-20-5-8-23(20)26(46-30(41)38(3)4)11-12-33(34,35)47-31/h6-7,9-12,15-16,20,23,26H,5,8,13-14,17-19H2,1-4H3,(H,37,40)/b12-11+/t20-,23+,26-,32-/m0/s1. The second-order valence-corrected chi connectivity index (χ2v) is 15.9. The number of rotatable bonds is 1. The summed E-state index contributed by atoms with van der Waals surface area (Å²) in [6.45, 7) is 4.46. The molecule has 2 aromatic carbocycles. The molecule has 1 fully saturated rings. The Morgan fingerprint density at radius 2 is 1.88 bits per heavy atom. The highest BCUT2D eigenvalue weighted by Crippen LogP contribution is 2.48. The summed E-state index contributed by atoms with van der Waals surface area (Å²) in [6, 6.07) is 10.1. The van der Waals surface area contributed by atoms with E-state index in [-0.39, 0.29) is 16.7 Å². The molecule has 0 aromatic heterocycles. The molecule has 252 valence electrons. The predicted octanol–water partition coefficient (Wildman–Crippen LogP) is 3.51.